The van der Waals surface area contributed by atoms with Gasteiger partial charge >= 0.3 is 0 Å². The average molecular weight is 336 g/mol. The Kier molecular flexibility index (Phi) is 4.01. The van der Waals surface area contributed by atoms with E-state index in [1.54, 1.807) is 0 Å². The van der Waals surface area contributed by atoms with E-state index in [0.29, 0.717) is 36.6 Å². The molecule has 3 aliphatic rings. The van der Waals surface area contributed by atoms with Crippen LogP contribution in [-0.2, 0) is 9.84 Å². The van der Waals surface area contributed by atoms with Crippen molar-refractivity contribution in [1.82, 2.24) is 14.9 Å². The summed E-state index contributed by atoms with van der Waals surface area (Å²) in [4.78, 5) is 13.9. The maximum atomic E-state index is 11.6. The van der Waals surface area contributed by atoms with Gasteiger partial charge in [-0.2, -0.15) is 0 Å². The van der Waals surface area contributed by atoms with Crippen molar-refractivity contribution < 1.29 is 8.42 Å². The van der Waals surface area contributed by atoms with Crippen molar-refractivity contribution in [2.75, 3.05) is 42.6 Å². The zero-order valence-electron chi connectivity index (χ0n) is 13.4. The summed E-state index contributed by atoms with van der Waals surface area (Å²) >= 11 is 0. The Morgan fingerprint density at radius 1 is 1.00 bits per heavy atom. The number of sulfone groups is 1. The van der Waals surface area contributed by atoms with E-state index in [4.69, 9.17) is 4.98 Å². The lowest BCUT2D eigenvalue weighted by Gasteiger charge is -2.40. The van der Waals surface area contributed by atoms with Crippen LogP contribution < -0.4 is 4.90 Å². The van der Waals surface area contributed by atoms with Crippen molar-refractivity contribution in [3.8, 4) is 0 Å². The van der Waals surface area contributed by atoms with E-state index in [9.17, 15) is 8.42 Å². The molecule has 0 radical (unpaired) electrons. The molecule has 1 aromatic rings. The van der Waals surface area contributed by atoms with Crippen LogP contribution >= 0.6 is 0 Å². The summed E-state index contributed by atoms with van der Waals surface area (Å²) in [6.07, 6.45) is 6.51. The molecule has 7 heteroatoms. The first-order chi connectivity index (χ1) is 11.1. The van der Waals surface area contributed by atoms with Crippen LogP contribution in [0.25, 0.3) is 0 Å². The largest absolute Gasteiger partial charge is 0.356 e. The second-order valence-electron chi connectivity index (χ2n) is 6.95. The molecule has 0 amide bonds. The highest BCUT2D eigenvalue weighted by Crippen LogP contribution is 2.38. The van der Waals surface area contributed by atoms with E-state index < -0.39 is 9.84 Å². The molecule has 3 fully saturated rings. The number of nitrogens with zero attached hydrogens (tertiary/aromatic N) is 4. The van der Waals surface area contributed by atoms with Gasteiger partial charge in [0, 0.05) is 44.3 Å². The number of anilines is 1. The predicted molar refractivity (Wildman–Crippen MR) is 89.5 cm³/mol. The van der Waals surface area contributed by atoms with Gasteiger partial charge in [-0.3, -0.25) is 4.90 Å². The van der Waals surface area contributed by atoms with E-state index in [0.717, 1.165) is 37.6 Å². The van der Waals surface area contributed by atoms with Gasteiger partial charge in [0.05, 0.1) is 11.5 Å². The lowest BCUT2D eigenvalue weighted by Crippen LogP contribution is -2.50. The molecule has 0 aromatic carbocycles. The minimum Gasteiger partial charge on any atom is -0.356 e. The van der Waals surface area contributed by atoms with Crippen molar-refractivity contribution in [1.29, 1.82) is 0 Å². The van der Waals surface area contributed by atoms with Gasteiger partial charge in [0.2, 0.25) is 0 Å². The summed E-state index contributed by atoms with van der Waals surface area (Å²) in [5, 5.41) is 0. The first kappa shape index (κ1) is 15.3. The Bertz CT molecular complexity index is 652. The van der Waals surface area contributed by atoms with Gasteiger partial charge in [-0.25, -0.2) is 18.4 Å². The van der Waals surface area contributed by atoms with E-state index in [2.05, 4.69) is 14.8 Å². The van der Waals surface area contributed by atoms with E-state index in [-0.39, 0.29) is 0 Å². The molecule has 23 heavy (non-hydrogen) atoms. The first-order valence-electron chi connectivity index (χ1n) is 8.63. The standard InChI is InChI=1S/C16H24N4O2S/c21-23(22)11-9-19(10-12-23)14-4-7-20(8-5-14)15-3-6-17-16(18-15)13-1-2-13/h3,6,13-14H,1-2,4-5,7-12H2. The fourth-order valence-corrected chi connectivity index (χ4v) is 4.86. The molecule has 4 rings (SSSR count). The maximum absolute atomic E-state index is 11.6. The zero-order valence-corrected chi connectivity index (χ0v) is 14.2. The minimum atomic E-state index is -2.78. The van der Waals surface area contributed by atoms with Gasteiger partial charge in [-0.1, -0.05) is 0 Å². The Balaban J connectivity index is 1.35. The predicted octanol–water partition coefficient (Wildman–Crippen LogP) is 1.05. The van der Waals surface area contributed by atoms with Gasteiger partial charge in [-0.05, 0) is 31.7 Å². The van der Waals surface area contributed by atoms with Gasteiger partial charge < -0.3 is 4.90 Å². The molecule has 2 saturated heterocycles. The van der Waals surface area contributed by atoms with Crippen molar-refractivity contribution in [2.45, 2.75) is 37.6 Å². The molecule has 1 aromatic heterocycles. The van der Waals surface area contributed by atoms with Crippen LogP contribution in [0.4, 0.5) is 5.82 Å². The number of aromatic nitrogens is 2. The summed E-state index contributed by atoms with van der Waals surface area (Å²) in [5.74, 6) is 3.29. The lowest BCUT2D eigenvalue weighted by atomic mass is 10.0. The summed E-state index contributed by atoms with van der Waals surface area (Å²) < 4.78 is 23.1. The zero-order chi connectivity index (χ0) is 15.9. The molecule has 0 spiro atoms. The van der Waals surface area contributed by atoms with E-state index in [1.165, 1.54) is 12.8 Å². The van der Waals surface area contributed by atoms with Gasteiger partial charge in [0.25, 0.3) is 0 Å². The number of piperidine rings is 1. The van der Waals surface area contributed by atoms with E-state index >= 15 is 0 Å². The monoisotopic (exact) mass is 336 g/mol. The molecule has 0 N–H and O–H groups in total. The van der Waals surface area contributed by atoms with Crippen LogP contribution in [0.3, 0.4) is 0 Å². The van der Waals surface area contributed by atoms with Gasteiger partial charge in [0.15, 0.2) is 9.84 Å². The average Bonchev–Trinajstić information content (AvgIpc) is 3.40. The fourth-order valence-electron chi connectivity index (χ4n) is 3.63. The summed E-state index contributed by atoms with van der Waals surface area (Å²) in [6.45, 7) is 3.39. The minimum absolute atomic E-state index is 0.323. The maximum Gasteiger partial charge on any atom is 0.152 e. The van der Waals surface area contributed by atoms with Crippen molar-refractivity contribution in [2.24, 2.45) is 0 Å². The van der Waals surface area contributed by atoms with Crippen molar-refractivity contribution in [3.05, 3.63) is 18.1 Å². The Morgan fingerprint density at radius 3 is 2.35 bits per heavy atom. The summed E-state index contributed by atoms with van der Waals surface area (Å²) in [5.41, 5.74) is 0. The molecular formula is C16H24N4O2S. The highest BCUT2D eigenvalue weighted by molar-refractivity contribution is 7.91. The Morgan fingerprint density at radius 2 is 1.70 bits per heavy atom. The molecule has 2 aliphatic heterocycles. The van der Waals surface area contributed by atoms with Crippen LogP contribution in [-0.4, -0.2) is 67.0 Å². The Hall–Kier alpha value is -1.21. The lowest BCUT2D eigenvalue weighted by molar-refractivity contribution is 0.182. The number of rotatable bonds is 3. The number of hydrogen-bond acceptors (Lipinski definition) is 6. The molecule has 0 atom stereocenters. The molecule has 126 valence electrons. The van der Waals surface area contributed by atoms with Gasteiger partial charge in [0.1, 0.15) is 11.6 Å². The van der Waals surface area contributed by atoms with Crippen LogP contribution in [0, 0.1) is 0 Å². The van der Waals surface area contributed by atoms with Crippen LogP contribution in [0.15, 0.2) is 12.3 Å². The molecule has 0 unspecified atom stereocenters. The molecule has 3 heterocycles. The highest BCUT2D eigenvalue weighted by atomic mass is 32.2. The third-order valence-corrected chi connectivity index (χ3v) is 6.90. The molecular weight excluding hydrogens is 312 g/mol. The molecule has 6 nitrogen and oxygen atoms in total. The first-order valence-corrected chi connectivity index (χ1v) is 10.5. The smallest absolute Gasteiger partial charge is 0.152 e. The van der Waals surface area contributed by atoms with E-state index in [1.807, 2.05) is 12.3 Å². The number of hydrogen-bond donors (Lipinski definition) is 0. The topological polar surface area (TPSA) is 66.4 Å². The van der Waals surface area contributed by atoms with Crippen LogP contribution in [0.1, 0.15) is 37.4 Å². The highest BCUT2D eigenvalue weighted by Gasteiger charge is 2.31. The van der Waals surface area contributed by atoms with Crippen molar-refractivity contribution in [3.63, 3.8) is 0 Å². The second-order valence-corrected chi connectivity index (χ2v) is 9.26. The molecule has 0 bridgehead atoms. The van der Waals surface area contributed by atoms with Crippen LogP contribution in [0.2, 0.25) is 0 Å². The third kappa shape index (κ3) is 3.50. The quantitative estimate of drug-likeness (QED) is 0.822. The third-order valence-electron chi connectivity index (χ3n) is 5.29. The van der Waals surface area contributed by atoms with Gasteiger partial charge in [-0.15, -0.1) is 0 Å². The van der Waals surface area contributed by atoms with Crippen LogP contribution in [0.5, 0.6) is 0 Å². The summed E-state index contributed by atoms with van der Waals surface area (Å²) in [6, 6.07) is 2.53. The summed E-state index contributed by atoms with van der Waals surface area (Å²) in [7, 11) is -2.78. The molecule has 1 saturated carbocycles. The second kappa shape index (κ2) is 6.02. The fraction of sp³-hybridized carbons (Fsp3) is 0.750. The Labute approximate surface area is 137 Å². The SMILES string of the molecule is O=S1(=O)CCN(C2CCN(c3ccnc(C4CC4)n3)CC2)CC1. The van der Waals surface area contributed by atoms with Crippen molar-refractivity contribution >= 4 is 15.7 Å². The molecule has 1 aliphatic carbocycles. The normalized spacial score (nSPS) is 26.3.